The number of carbonyl (C=O) groups is 2. The number of esters is 1. The number of carboxylic acids is 1. The Balaban J connectivity index is 1.44. The van der Waals surface area contributed by atoms with Gasteiger partial charge >= 0.3 is 11.9 Å². The summed E-state index contributed by atoms with van der Waals surface area (Å²) in [7, 11) is 0. The molecule has 0 amide bonds. The molecule has 9 heteroatoms. The number of fused-ring (bicyclic) bond motifs is 5. The van der Waals surface area contributed by atoms with Crippen LogP contribution in [0.2, 0.25) is 0 Å². The lowest BCUT2D eigenvalue weighted by atomic mass is 9.36. The number of carboxylic acid groups (broad SMARTS) is 1. The minimum absolute atomic E-state index is 0.00907. The highest BCUT2D eigenvalue weighted by Gasteiger charge is 2.71. The van der Waals surface area contributed by atoms with Gasteiger partial charge in [-0.05, 0) is 109 Å². The van der Waals surface area contributed by atoms with Gasteiger partial charge in [0.15, 0.2) is 6.29 Å². The Labute approximate surface area is 275 Å². The van der Waals surface area contributed by atoms with Crippen LogP contribution in [0.25, 0.3) is 0 Å². The summed E-state index contributed by atoms with van der Waals surface area (Å²) in [6.07, 6.45) is 4.95. The average Bonchev–Trinajstić information content (AvgIpc) is 3.24. The molecule has 0 bridgehead atoms. The van der Waals surface area contributed by atoms with Gasteiger partial charge in [0, 0.05) is 18.9 Å². The first-order chi connectivity index (χ1) is 21.6. The van der Waals surface area contributed by atoms with Gasteiger partial charge in [-0.3, -0.25) is 4.79 Å². The first-order valence-corrected chi connectivity index (χ1v) is 18.0. The van der Waals surface area contributed by atoms with Gasteiger partial charge in [0.2, 0.25) is 0 Å². The Morgan fingerprint density at radius 2 is 1.74 bits per heavy atom. The molecule has 9 nitrogen and oxygen atoms in total. The molecule has 5 fully saturated rings. The summed E-state index contributed by atoms with van der Waals surface area (Å²) < 4.78 is 18.4. The van der Waals surface area contributed by atoms with E-state index in [1.807, 2.05) is 0 Å². The van der Waals surface area contributed by atoms with Gasteiger partial charge in [0.05, 0.1) is 24.9 Å². The largest absolute Gasteiger partial charge is 0.478 e. The first-order valence-electron chi connectivity index (χ1n) is 18.0. The lowest BCUT2D eigenvalue weighted by molar-refractivity contribution is -0.276. The van der Waals surface area contributed by atoms with Crippen molar-refractivity contribution in [2.24, 2.45) is 45.8 Å². The van der Waals surface area contributed by atoms with Crippen molar-refractivity contribution >= 4 is 11.9 Å². The number of ether oxygens (including phenoxy) is 3. The Hall–Kier alpha value is -1.52. The van der Waals surface area contributed by atoms with Crippen molar-refractivity contribution in [1.29, 1.82) is 0 Å². The summed E-state index contributed by atoms with van der Waals surface area (Å²) in [5, 5.41) is 42.5. The van der Waals surface area contributed by atoms with E-state index in [-0.39, 0.29) is 46.7 Å². The quantitative estimate of drug-likeness (QED) is 0.142. The number of aliphatic hydroxyl groups is 3. The Kier molecular flexibility index (Phi) is 10.4. The molecule has 0 radical (unpaired) electrons. The molecule has 13 atom stereocenters. The van der Waals surface area contributed by atoms with Crippen LogP contribution in [0.3, 0.4) is 0 Å². The SMILES string of the molecule is CC(=O)O[C@H]1C[C@@]2(C)[C@@H](C[C@@H](O)C3[C@]2(C)CC[C@H]2[C@H](C)[C@H](OC4CC[C@H](O)[C@@H](CO)O4)CC[C@]32C)/C1=C(/CCCC(C)C)C(=O)O. The Bertz CT molecular complexity index is 1170. The van der Waals surface area contributed by atoms with E-state index in [0.717, 1.165) is 44.1 Å². The van der Waals surface area contributed by atoms with Crippen LogP contribution in [0.15, 0.2) is 11.1 Å². The fourth-order valence-electron chi connectivity index (χ4n) is 11.5. The molecule has 0 spiro atoms. The van der Waals surface area contributed by atoms with Crippen LogP contribution >= 0.6 is 0 Å². The number of aliphatic carboxylic acids is 1. The van der Waals surface area contributed by atoms with Gasteiger partial charge in [-0.1, -0.05) is 48.0 Å². The topological polar surface area (TPSA) is 143 Å². The smallest absolute Gasteiger partial charge is 0.331 e. The Morgan fingerprint density at radius 3 is 2.37 bits per heavy atom. The van der Waals surface area contributed by atoms with E-state index in [1.54, 1.807) is 0 Å². The van der Waals surface area contributed by atoms with Crippen molar-refractivity contribution < 1.29 is 44.2 Å². The fraction of sp³-hybridized carbons (Fsp3) is 0.892. The van der Waals surface area contributed by atoms with Crippen molar-refractivity contribution in [3.63, 3.8) is 0 Å². The van der Waals surface area contributed by atoms with Crippen LogP contribution in [0.5, 0.6) is 0 Å². The van der Waals surface area contributed by atoms with Gasteiger partial charge < -0.3 is 34.6 Å². The van der Waals surface area contributed by atoms with Gasteiger partial charge in [-0.2, -0.15) is 0 Å². The predicted molar refractivity (Wildman–Crippen MR) is 172 cm³/mol. The molecular weight excluding hydrogens is 588 g/mol. The predicted octanol–water partition coefficient (Wildman–Crippen LogP) is 5.63. The minimum Gasteiger partial charge on any atom is -0.478 e. The zero-order valence-electron chi connectivity index (χ0n) is 29.2. The second-order valence-electron chi connectivity index (χ2n) is 16.7. The highest BCUT2D eigenvalue weighted by Crippen LogP contribution is 2.74. The molecular formula is C37H60O9. The standard InChI is InChI=1S/C37H60O9/c1-20(2)9-8-10-23(34(42)43)32-25-17-27(41)33-35(5)15-14-28(45-31-12-11-26(40)30(19-38)46-31)21(3)24(35)13-16-36(33,6)37(25,7)18-29(32)44-22(4)39/h20-21,24-31,33,38,40-41H,8-19H2,1-7H3,(H,42,43)/b32-23+/t21-,24-,25-,26-,27+,28+,29-,30+,31?,33?,35-,36-,37-/m0/s1. The maximum Gasteiger partial charge on any atom is 0.331 e. The van der Waals surface area contributed by atoms with E-state index in [4.69, 9.17) is 14.2 Å². The van der Waals surface area contributed by atoms with Crippen molar-refractivity contribution in [2.75, 3.05) is 6.61 Å². The van der Waals surface area contributed by atoms with E-state index >= 15 is 0 Å². The molecule has 4 saturated carbocycles. The summed E-state index contributed by atoms with van der Waals surface area (Å²) in [6, 6.07) is 0. The molecule has 5 aliphatic rings. The zero-order chi connectivity index (χ0) is 33.8. The number of hydrogen-bond donors (Lipinski definition) is 4. The molecule has 4 N–H and O–H groups in total. The lowest BCUT2D eigenvalue weighted by Crippen LogP contribution is -2.65. The van der Waals surface area contributed by atoms with E-state index < -0.39 is 42.6 Å². The van der Waals surface area contributed by atoms with Crippen molar-refractivity contribution in [2.45, 2.75) is 156 Å². The molecule has 0 aromatic carbocycles. The van der Waals surface area contributed by atoms with Crippen LogP contribution in [0, 0.1) is 45.8 Å². The number of hydrogen-bond acceptors (Lipinski definition) is 8. The van der Waals surface area contributed by atoms with Crippen LogP contribution in [-0.2, 0) is 23.8 Å². The summed E-state index contributed by atoms with van der Waals surface area (Å²) >= 11 is 0. The average molecular weight is 649 g/mol. The van der Waals surface area contributed by atoms with Gasteiger partial charge in [0.1, 0.15) is 12.2 Å². The maximum atomic E-state index is 12.8. The summed E-state index contributed by atoms with van der Waals surface area (Å²) in [4.78, 5) is 25.2. The molecule has 1 heterocycles. The molecule has 2 unspecified atom stereocenters. The van der Waals surface area contributed by atoms with Crippen molar-refractivity contribution in [1.82, 2.24) is 0 Å². The minimum atomic E-state index is -0.938. The van der Waals surface area contributed by atoms with E-state index in [2.05, 4.69) is 41.5 Å². The molecule has 262 valence electrons. The van der Waals surface area contributed by atoms with Gasteiger partial charge in [-0.15, -0.1) is 0 Å². The normalized spacial score (nSPS) is 46.7. The molecule has 1 saturated heterocycles. The summed E-state index contributed by atoms with van der Waals surface area (Å²) in [5.41, 5.74) is 0.345. The van der Waals surface area contributed by atoms with E-state index in [1.165, 1.54) is 6.92 Å². The van der Waals surface area contributed by atoms with Crippen LogP contribution in [-0.4, -0.2) is 75.8 Å². The number of carbonyl (C=O) groups excluding carboxylic acids is 1. The Morgan fingerprint density at radius 1 is 1.02 bits per heavy atom. The summed E-state index contributed by atoms with van der Waals surface area (Å²) in [6.45, 7) is 14.7. The number of rotatable bonds is 9. The highest BCUT2D eigenvalue weighted by atomic mass is 16.7. The number of aliphatic hydroxyl groups excluding tert-OH is 3. The third kappa shape index (κ3) is 6.10. The second-order valence-corrected chi connectivity index (χ2v) is 16.7. The van der Waals surface area contributed by atoms with E-state index in [0.29, 0.717) is 49.5 Å². The van der Waals surface area contributed by atoms with Crippen molar-refractivity contribution in [3.05, 3.63) is 11.1 Å². The van der Waals surface area contributed by atoms with Gasteiger partial charge in [-0.25, -0.2) is 4.79 Å². The molecule has 5 rings (SSSR count). The third-order valence-corrected chi connectivity index (χ3v) is 13.8. The maximum absolute atomic E-state index is 12.8. The molecule has 0 aromatic rings. The lowest BCUT2D eigenvalue weighted by Gasteiger charge is -2.69. The van der Waals surface area contributed by atoms with Crippen LogP contribution in [0.1, 0.15) is 119 Å². The van der Waals surface area contributed by atoms with Crippen molar-refractivity contribution in [3.8, 4) is 0 Å². The fourth-order valence-corrected chi connectivity index (χ4v) is 11.5. The summed E-state index contributed by atoms with van der Waals surface area (Å²) in [5.74, 6) is -0.475. The molecule has 0 aromatic heterocycles. The van der Waals surface area contributed by atoms with Crippen LogP contribution in [0.4, 0.5) is 0 Å². The molecule has 46 heavy (non-hydrogen) atoms. The third-order valence-electron chi connectivity index (χ3n) is 13.8. The van der Waals surface area contributed by atoms with Gasteiger partial charge in [0.25, 0.3) is 0 Å². The van der Waals surface area contributed by atoms with Crippen LogP contribution < -0.4 is 0 Å². The highest BCUT2D eigenvalue weighted by molar-refractivity contribution is 5.88. The monoisotopic (exact) mass is 648 g/mol. The van der Waals surface area contributed by atoms with E-state index in [9.17, 15) is 30.0 Å². The molecule has 4 aliphatic carbocycles. The zero-order valence-corrected chi connectivity index (χ0v) is 29.2. The molecule has 1 aliphatic heterocycles. The second kappa shape index (κ2) is 13.4. The first kappa shape index (κ1) is 35.8.